The van der Waals surface area contributed by atoms with Crippen molar-refractivity contribution in [1.82, 2.24) is 10.3 Å². The van der Waals surface area contributed by atoms with Gasteiger partial charge < -0.3 is 4.74 Å². The third-order valence-electron chi connectivity index (χ3n) is 1.76. The number of methoxy groups -OCH3 is 1. The molecule has 0 atom stereocenters. The van der Waals surface area contributed by atoms with Crippen molar-refractivity contribution in [3.8, 4) is 0 Å². The van der Waals surface area contributed by atoms with Crippen LogP contribution in [0.2, 0.25) is 0 Å². The molecule has 5 heteroatoms. The highest BCUT2D eigenvalue weighted by Crippen LogP contribution is 1.97. The second kappa shape index (κ2) is 7.73. The fourth-order valence-corrected chi connectivity index (χ4v) is 1.22. The van der Waals surface area contributed by atoms with Gasteiger partial charge in [0.05, 0.1) is 13.2 Å². The van der Waals surface area contributed by atoms with Crippen LogP contribution in [0.3, 0.4) is 0 Å². The molecule has 0 aromatic carbocycles. The topological polar surface area (TPSA) is 67.6 Å². The Labute approximate surface area is 85.6 Å². The highest BCUT2D eigenvalue weighted by atomic mass is 16.5. The molecule has 0 rings (SSSR count). The first kappa shape index (κ1) is 13.4. The fraction of sp³-hybridized carbons (Fsp3) is 0.889. The maximum absolute atomic E-state index is 11.0. The predicted octanol–water partition coefficient (Wildman–Crippen LogP) is -0.419. The van der Waals surface area contributed by atoms with E-state index in [0.717, 1.165) is 13.1 Å². The summed E-state index contributed by atoms with van der Waals surface area (Å²) in [5.41, 5.74) is 2.12. The Morgan fingerprint density at radius 1 is 1.57 bits per heavy atom. The summed E-state index contributed by atoms with van der Waals surface area (Å²) in [6.45, 7) is 6.81. The van der Waals surface area contributed by atoms with Crippen molar-refractivity contribution in [1.29, 1.82) is 0 Å². The van der Waals surface area contributed by atoms with E-state index in [1.165, 1.54) is 0 Å². The van der Waals surface area contributed by atoms with Crippen LogP contribution in [-0.4, -0.2) is 44.2 Å². The van der Waals surface area contributed by atoms with Gasteiger partial charge in [-0.2, -0.15) is 0 Å². The van der Waals surface area contributed by atoms with E-state index in [9.17, 15) is 4.79 Å². The number of nitrogens with two attached hydrogens (primary N) is 1. The average Bonchev–Trinajstić information content (AvgIpc) is 2.13. The first-order valence-corrected chi connectivity index (χ1v) is 4.80. The van der Waals surface area contributed by atoms with Crippen molar-refractivity contribution in [2.24, 2.45) is 11.8 Å². The monoisotopic (exact) mass is 203 g/mol. The number of amides is 1. The summed E-state index contributed by atoms with van der Waals surface area (Å²) in [6.07, 6.45) is 0. The number of carbonyl (C=O) groups is 1. The minimum Gasteiger partial charge on any atom is -0.383 e. The third-order valence-corrected chi connectivity index (χ3v) is 1.76. The zero-order valence-corrected chi connectivity index (χ0v) is 9.25. The predicted molar refractivity (Wildman–Crippen MR) is 55.5 cm³/mol. The van der Waals surface area contributed by atoms with Gasteiger partial charge >= 0.3 is 0 Å². The van der Waals surface area contributed by atoms with Gasteiger partial charge in [-0.25, -0.2) is 5.84 Å². The summed E-state index contributed by atoms with van der Waals surface area (Å²) < 4.78 is 4.96. The van der Waals surface area contributed by atoms with Crippen molar-refractivity contribution in [3.05, 3.63) is 0 Å². The van der Waals surface area contributed by atoms with E-state index in [0.29, 0.717) is 19.1 Å². The van der Waals surface area contributed by atoms with E-state index < -0.39 is 0 Å². The summed E-state index contributed by atoms with van der Waals surface area (Å²) in [5, 5.41) is 0. The lowest BCUT2D eigenvalue weighted by molar-refractivity contribution is -0.122. The van der Waals surface area contributed by atoms with E-state index in [-0.39, 0.29) is 5.91 Å². The Balaban J connectivity index is 3.89. The lowest BCUT2D eigenvalue weighted by Crippen LogP contribution is -2.42. The first-order valence-electron chi connectivity index (χ1n) is 4.80. The second-order valence-corrected chi connectivity index (χ2v) is 3.69. The molecule has 5 nitrogen and oxygen atoms in total. The van der Waals surface area contributed by atoms with Gasteiger partial charge in [0.25, 0.3) is 0 Å². The zero-order chi connectivity index (χ0) is 11.0. The molecule has 0 aromatic rings. The summed E-state index contributed by atoms with van der Waals surface area (Å²) in [4.78, 5) is 13.1. The van der Waals surface area contributed by atoms with Crippen LogP contribution in [0.1, 0.15) is 13.8 Å². The SMILES string of the molecule is COCCN(CC(=O)NN)CC(C)C. The third kappa shape index (κ3) is 6.82. The van der Waals surface area contributed by atoms with Gasteiger partial charge in [0, 0.05) is 20.2 Å². The average molecular weight is 203 g/mol. The molecule has 3 N–H and O–H groups in total. The van der Waals surface area contributed by atoms with Gasteiger partial charge in [-0.1, -0.05) is 13.8 Å². The second-order valence-electron chi connectivity index (χ2n) is 3.69. The molecule has 0 spiro atoms. The van der Waals surface area contributed by atoms with Gasteiger partial charge in [0.2, 0.25) is 5.91 Å². The lowest BCUT2D eigenvalue weighted by Gasteiger charge is -2.22. The van der Waals surface area contributed by atoms with E-state index in [2.05, 4.69) is 19.3 Å². The van der Waals surface area contributed by atoms with Crippen LogP contribution in [0.15, 0.2) is 0 Å². The van der Waals surface area contributed by atoms with E-state index in [1.807, 2.05) is 4.90 Å². The number of nitrogens with one attached hydrogen (secondary N) is 1. The minimum atomic E-state index is -0.165. The largest absolute Gasteiger partial charge is 0.383 e. The van der Waals surface area contributed by atoms with Crippen LogP contribution in [0, 0.1) is 5.92 Å². The number of ether oxygens (including phenoxy) is 1. The molecule has 0 aromatic heterocycles. The molecule has 0 aliphatic rings. The molecular weight excluding hydrogens is 182 g/mol. The van der Waals surface area contributed by atoms with Crippen molar-refractivity contribution >= 4 is 5.91 Å². The molecule has 0 radical (unpaired) electrons. The number of rotatable bonds is 7. The van der Waals surface area contributed by atoms with E-state index in [1.54, 1.807) is 7.11 Å². The molecule has 0 saturated heterocycles. The molecule has 84 valence electrons. The fourth-order valence-electron chi connectivity index (χ4n) is 1.22. The summed E-state index contributed by atoms with van der Waals surface area (Å²) in [5.74, 6) is 5.38. The van der Waals surface area contributed by atoms with Crippen molar-refractivity contribution in [2.45, 2.75) is 13.8 Å². The smallest absolute Gasteiger partial charge is 0.248 e. The Hall–Kier alpha value is -0.650. The molecule has 0 heterocycles. The molecule has 14 heavy (non-hydrogen) atoms. The molecule has 0 aliphatic heterocycles. The molecule has 0 aliphatic carbocycles. The van der Waals surface area contributed by atoms with Crippen LogP contribution >= 0.6 is 0 Å². The van der Waals surface area contributed by atoms with Gasteiger partial charge in [0.1, 0.15) is 0 Å². The quantitative estimate of drug-likeness (QED) is 0.335. The molecule has 1 amide bonds. The first-order chi connectivity index (χ1) is 6.60. The van der Waals surface area contributed by atoms with Crippen molar-refractivity contribution in [2.75, 3.05) is 33.4 Å². The highest BCUT2D eigenvalue weighted by Gasteiger charge is 2.10. The van der Waals surface area contributed by atoms with Crippen LogP contribution in [0.5, 0.6) is 0 Å². The number of hydrogen-bond acceptors (Lipinski definition) is 4. The Morgan fingerprint density at radius 3 is 2.64 bits per heavy atom. The summed E-state index contributed by atoms with van der Waals surface area (Å²) in [7, 11) is 1.65. The van der Waals surface area contributed by atoms with Gasteiger partial charge in [-0.3, -0.25) is 15.1 Å². The highest BCUT2D eigenvalue weighted by molar-refractivity contribution is 5.77. The maximum atomic E-state index is 11.0. The standard InChI is InChI=1S/C9H21N3O2/c1-8(2)6-12(4-5-14-3)7-9(13)11-10/h8H,4-7,10H2,1-3H3,(H,11,13). The number of carbonyl (C=O) groups excluding carboxylic acids is 1. The van der Waals surface area contributed by atoms with Crippen LogP contribution in [-0.2, 0) is 9.53 Å². The Kier molecular flexibility index (Phi) is 7.37. The van der Waals surface area contributed by atoms with E-state index >= 15 is 0 Å². The van der Waals surface area contributed by atoms with Gasteiger partial charge in [-0.15, -0.1) is 0 Å². The number of hydrazine groups is 1. The summed E-state index contributed by atoms with van der Waals surface area (Å²) in [6, 6.07) is 0. The Morgan fingerprint density at radius 2 is 2.21 bits per heavy atom. The van der Waals surface area contributed by atoms with Crippen LogP contribution < -0.4 is 11.3 Å². The molecule has 0 fully saturated rings. The van der Waals surface area contributed by atoms with Crippen LogP contribution in [0.25, 0.3) is 0 Å². The summed E-state index contributed by atoms with van der Waals surface area (Å²) >= 11 is 0. The molecule has 0 unspecified atom stereocenters. The minimum absolute atomic E-state index is 0.165. The van der Waals surface area contributed by atoms with Gasteiger partial charge in [-0.05, 0) is 5.92 Å². The number of nitrogens with zero attached hydrogens (tertiary/aromatic N) is 1. The van der Waals surface area contributed by atoms with E-state index in [4.69, 9.17) is 10.6 Å². The van der Waals surface area contributed by atoms with Gasteiger partial charge in [0.15, 0.2) is 0 Å². The molecular formula is C9H21N3O2. The Bertz CT molecular complexity index is 162. The van der Waals surface area contributed by atoms with Crippen molar-refractivity contribution < 1.29 is 9.53 Å². The maximum Gasteiger partial charge on any atom is 0.248 e. The normalized spacial score (nSPS) is 11.0. The number of hydrogen-bond donors (Lipinski definition) is 2. The van der Waals surface area contributed by atoms with Crippen LogP contribution in [0.4, 0.5) is 0 Å². The molecule has 0 bridgehead atoms. The van der Waals surface area contributed by atoms with Crippen molar-refractivity contribution in [3.63, 3.8) is 0 Å². The zero-order valence-electron chi connectivity index (χ0n) is 9.25. The molecule has 0 saturated carbocycles. The lowest BCUT2D eigenvalue weighted by atomic mass is 10.2.